The van der Waals surface area contributed by atoms with Gasteiger partial charge in [-0.2, -0.15) is 0 Å². The Kier molecular flexibility index (Phi) is 4.07. The summed E-state index contributed by atoms with van der Waals surface area (Å²) in [7, 11) is 1.00. The first-order chi connectivity index (χ1) is 6.79. The van der Waals surface area contributed by atoms with E-state index in [1.807, 2.05) is 18.2 Å². The highest BCUT2D eigenvalue weighted by atomic mass is 16.3. The smallest absolute Gasteiger partial charge is 0.0917 e. The maximum Gasteiger partial charge on any atom is 0.0917 e. The van der Waals surface area contributed by atoms with Crippen LogP contribution in [0.1, 0.15) is 30.2 Å². The molecule has 0 saturated heterocycles. The number of fused-ring (bicyclic) bond motifs is 1. The molecule has 78 valence electrons. The first kappa shape index (κ1) is 11.2. The molecule has 0 saturated carbocycles. The van der Waals surface area contributed by atoms with Crippen LogP contribution in [0.5, 0.6) is 0 Å². The number of aliphatic hydroxyl groups is 2. The number of rotatable bonds is 0. The fraction of sp³-hybridized carbons (Fsp3) is 0.455. The van der Waals surface area contributed by atoms with Crippen LogP contribution in [0.3, 0.4) is 0 Å². The van der Waals surface area contributed by atoms with Gasteiger partial charge < -0.3 is 15.5 Å². The molecule has 3 heteroatoms. The first-order valence-electron chi connectivity index (χ1n) is 4.74. The molecule has 1 aliphatic rings. The molecule has 1 aromatic rings. The van der Waals surface area contributed by atoms with E-state index in [0.717, 1.165) is 12.7 Å². The Morgan fingerprint density at radius 1 is 1.21 bits per heavy atom. The molecule has 2 unspecified atom stereocenters. The number of β-amino-alcohol motifs (C(OH)–C–C–N with tert-alkyl or cyclic N) is 1. The molecular weight excluding hydrogens is 178 g/mol. The molecule has 1 heterocycles. The largest absolute Gasteiger partial charge is 0.400 e. The summed E-state index contributed by atoms with van der Waals surface area (Å²) >= 11 is 0. The van der Waals surface area contributed by atoms with E-state index >= 15 is 0 Å². The average molecular weight is 195 g/mol. The van der Waals surface area contributed by atoms with Gasteiger partial charge in [0.05, 0.1) is 6.10 Å². The van der Waals surface area contributed by atoms with Crippen molar-refractivity contribution in [3.05, 3.63) is 35.4 Å². The van der Waals surface area contributed by atoms with E-state index < -0.39 is 0 Å². The molecule has 0 aromatic heterocycles. The van der Waals surface area contributed by atoms with Gasteiger partial charge in [0.15, 0.2) is 0 Å². The highest BCUT2D eigenvalue weighted by Crippen LogP contribution is 2.27. The molecule has 0 aliphatic carbocycles. The normalized spacial score (nSPS) is 24.6. The van der Waals surface area contributed by atoms with E-state index in [1.165, 1.54) is 5.56 Å². The van der Waals surface area contributed by atoms with Crippen LogP contribution >= 0.6 is 0 Å². The van der Waals surface area contributed by atoms with Crippen molar-refractivity contribution in [1.29, 1.82) is 0 Å². The summed E-state index contributed by atoms with van der Waals surface area (Å²) < 4.78 is 0. The van der Waals surface area contributed by atoms with Crippen molar-refractivity contribution < 1.29 is 10.2 Å². The van der Waals surface area contributed by atoms with Crippen molar-refractivity contribution >= 4 is 0 Å². The lowest BCUT2D eigenvalue weighted by molar-refractivity contribution is 0.159. The van der Waals surface area contributed by atoms with Gasteiger partial charge in [0.25, 0.3) is 0 Å². The van der Waals surface area contributed by atoms with Crippen molar-refractivity contribution in [2.45, 2.75) is 19.1 Å². The van der Waals surface area contributed by atoms with Gasteiger partial charge in [0.2, 0.25) is 0 Å². The summed E-state index contributed by atoms with van der Waals surface area (Å²) in [5, 5.41) is 19.9. The van der Waals surface area contributed by atoms with Gasteiger partial charge in [-0.25, -0.2) is 0 Å². The molecular formula is C11H17NO2. The lowest BCUT2D eigenvalue weighted by Crippen LogP contribution is -2.31. The Balaban J connectivity index is 0.000000461. The van der Waals surface area contributed by atoms with E-state index in [9.17, 15) is 5.11 Å². The predicted octanol–water partition coefficient (Wildman–Crippen LogP) is 0.993. The third-order valence-electron chi connectivity index (χ3n) is 2.44. The molecule has 3 nitrogen and oxygen atoms in total. The van der Waals surface area contributed by atoms with E-state index in [0.29, 0.717) is 12.6 Å². The zero-order valence-corrected chi connectivity index (χ0v) is 8.57. The fourth-order valence-electron chi connectivity index (χ4n) is 1.72. The lowest BCUT2D eigenvalue weighted by atomic mass is 9.94. The van der Waals surface area contributed by atoms with E-state index in [4.69, 9.17) is 5.11 Å². The number of benzene rings is 1. The van der Waals surface area contributed by atoms with Crippen LogP contribution in [0.25, 0.3) is 0 Å². The lowest BCUT2D eigenvalue weighted by Gasteiger charge is -2.27. The maximum atomic E-state index is 9.62. The molecule has 14 heavy (non-hydrogen) atoms. The predicted molar refractivity (Wildman–Crippen MR) is 56.0 cm³/mol. The molecule has 0 spiro atoms. The maximum absolute atomic E-state index is 9.62. The van der Waals surface area contributed by atoms with Crippen LogP contribution in [0.2, 0.25) is 0 Å². The quantitative estimate of drug-likeness (QED) is 0.578. The van der Waals surface area contributed by atoms with Gasteiger partial charge in [-0.05, 0) is 18.1 Å². The second-order valence-corrected chi connectivity index (χ2v) is 3.27. The van der Waals surface area contributed by atoms with Crippen LogP contribution < -0.4 is 5.32 Å². The van der Waals surface area contributed by atoms with Crippen LogP contribution in [0.4, 0.5) is 0 Å². The summed E-state index contributed by atoms with van der Waals surface area (Å²) in [5.41, 5.74) is 2.29. The van der Waals surface area contributed by atoms with Crippen molar-refractivity contribution in [1.82, 2.24) is 5.32 Å². The standard InChI is InChI=1S/C10H13NO.CH4O/c1-7-8-4-2-3-5-9(8)10(12)6-11-7;1-2/h2-5,7,10-12H,6H2,1H3;2H,1H3. The summed E-state index contributed by atoms with van der Waals surface area (Å²) in [6, 6.07) is 8.41. The van der Waals surface area contributed by atoms with E-state index in [2.05, 4.69) is 18.3 Å². The highest BCUT2D eigenvalue weighted by Gasteiger charge is 2.21. The number of hydrogen-bond donors (Lipinski definition) is 3. The Hall–Kier alpha value is -0.900. The molecule has 1 aliphatic heterocycles. The van der Waals surface area contributed by atoms with Gasteiger partial charge in [-0.15, -0.1) is 0 Å². The minimum Gasteiger partial charge on any atom is -0.400 e. The van der Waals surface area contributed by atoms with Crippen molar-refractivity contribution in [2.75, 3.05) is 13.7 Å². The molecule has 2 rings (SSSR count). The third-order valence-corrected chi connectivity index (χ3v) is 2.44. The number of nitrogens with one attached hydrogen (secondary N) is 1. The summed E-state index contributed by atoms with van der Waals surface area (Å²) in [6.07, 6.45) is -0.336. The van der Waals surface area contributed by atoms with Gasteiger partial charge in [0.1, 0.15) is 0 Å². The topological polar surface area (TPSA) is 52.5 Å². The monoisotopic (exact) mass is 195 g/mol. The van der Waals surface area contributed by atoms with Gasteiger partial charge in [0, 0.05) is 19.7 Å². The van der Waals surface area contributed by atoms with Gasteiger partial charge in [-0.3, -0.25) is 0 Å². The van der Waals surface area contributed by atoms with Crippen LogP contribution in [0.15, 0.2) is 24.3 Å². The van der Waals surface area contributed by atoms with Crippen LogP contribution in [-0.2, 0) is 0 Å². The molecule has 1 aromatic carbocycles. The fourth-order valence-corrected chi connectivity index (χ4v) is 1.72. The second kappa shape index (κ2) is 5.10. The zero-order chi connectivity index (χ0) is 10.6. The van der Waals surface area contributed by atoms with Crippen molar-refractivity contribution in [3.8, 4) is 0 Å². The van der Waals surface area contributed by atoms with Crippen LogP contribution in [0, 0.1) is 0 Å². The first-order valence-corrected chi connectivity index (χ1v) is 4.74. The molecule has 0 amide bonds. The SMILES string of the molecule is CC1NCC(O)c2ccccc21.CO. The Morgan fingerprint density at radius 3 is 2.36 bits per heavy atom. The molecule has 2 atom stereocenters. The summed E-state index contributed by atoms with van der Waals surface area (Å²) in [5.74, 6) is 0. The minimum absolute atomic E-state index is 0.336. The van der Waals surface area contributed by atoms with Crippen LogP contribution in [-0.4, -0.2) is 23.9 Å². The Labute approximate surface area is 84.4 Å². The van der Waals surface area contributed by atoms with Gasteiger partial charge >= 0.3 is 0 Å². The van der Waals surface area contributed by atoms with Crippen molar-refractivity contribution in [2.24, 2.45) is 0 Å². The number of aliphatic hydroxyl groups excluding tert-OH is 2. The third kappa shape index (κ3) is 2.12. The Morgan fingerprint density at radius 2 is 1.79 bits per heavy atom. The summed E-state index contributed by atoms with van der Waals surface area (Å²) in [4.78, 5) is 0. The molecule has 0 bridgehead atoms. The average Bonchev–Trinajstić information content (AvgIpc) is 2.27. The highest BCUT2D eigenvalue weighted by molar-refractivity contribution is 5.33. The summed E-state index contributed by atoms with van der Waals surface area (Å²) in [6.45, 7) is 2.78. The van der Waals surface area contributed by atoms with Crippen molar-refractivity contribution in [3.63, 3.8) is 0 Å². The van der Waals surface area contributed by atoms with E-state index in [-0.39, 0.29) is 6.10 Å². The van der Waals surface area contributed by atoms with Gasteiger partial charge in [-0.1, -0.05) is 24.3 Å². The Bertz CT molecular complexity index is 259. The molecule has 0 radical (unpaired) electrons. The zero-order valence-electron chi connectivity index (χ0n) is 8.57. The molecule has 3 N–H and O–H groups in total. The molecule has 0 fully saturated rings. The second-order valence-electron chi connectivity index (χ2n) is 3.27. The number of hydrogen-bond acceptors (Lipinski definition) is 3. The minimum atomic E-state index is -0.336. The van der Waals surface area contributed by atoms with E-state index in [1.54, 1.807) is 0 Å².